The largest absolute Gasteiger partial charge is 0.501 e. The van der Waals surface area contributed by atoms with Crippen LogP contribution in [0.1, 0.15) is 31.2 Å². The monoisotopic (exact) mass is 517 g/mol. The normalized spacial score (nSPS) is 24.8. The number of sulfonamides is 1. The first-order valence-electron chi connectivity index (χ1n) is 12.3. The number of carbonyl (C=O) groups is 2. The second kappa shape index (κ2) is 9.33. The molecular formula is C24H33N6O5S+. The van der Waals surface area contributed by atoms with Gasteiger partial charge in [-0.3, -0.25) is 4.90 Å². The van der Waals surface area contributed by atoms with E-state index < -0.39 is 33.4 Å². The summed E-state index contributed by atoms with van der Waals surface area (Å²) in [4.78, 5) is 32.8. The zero-order valence-corrected chi connectivity index (χ0v) is 21.8. The van der Waals surface area contributed by atoms with Crippen LogP contribution in [0.4, 0.5) is 4.79 Å². The van der Waals surface area contributed by atoms with Crippen LogP contribution in [0.25, 0.3) is 0 Å². The number of rotatable bonds is 8. The number of fused-ring (bicyclic) bond motifs is 1. The summed E-state index contributed by atoms with van der Waals surface area (Å²) in [6, 6.07) is 1.24. The Bertz CT molecular complexity index is 1270. The van der Waals surface area contributed by atoms with Gasteiger partial charge in [0, 0.05) is 44.3 Å². The van der Waals surface area contributed by atoms with Gasteiger partial charge < -0.3 is 9.42 Å². The fourth-order valence-corrected chi connectivity index (χ4v) is 6.27. The zero-order chi connectivity index (χ0) is 25.7. The zero-order valence-electron chi connectivity index (χ0n) is 20.9. The van der Waals surface area contributed by atoms with E-state index in [1.165, 1.54) is 12.2 Å². The van der Waals surface area contributed by atoms with E-state index in [0.29, 0.717) is 30.3 Å². The van der Waals surface area contributed by atoms with Crippen molar-refractivity contribution in [3.05, 3.63) is 40.7 Å². The maximum absolute atomic E-state index is 13.5. The Labute approximate surface area is 211 Å². The SMILES string of the molecule is Cc1cc(CN2C(=O)C3C=C(S(=O)(=O)NC4(C)CC4)C=CC3=[N+](CCN3CCN(C)CC3)C2=O)on1. The number of likely N-dealkylation sites (N-methyl/N-ethyl adjacent to an activating group) is 1. The van der Waals surface area contributed by atoms with Gasteiger partial charge in [-0.05, 0) is 52.0 Å². The minimum atomic E-state index is -3.80. The van der Waals surface area contributed by atoms with Crippen LogP contribution in [0.5, 0.6) is 0 Å². The molecule has 2 fully saturated rings. The number of aromatic nitrogens is 1. The number of nitrogens with one attached hydrogen (secondary N) is 1. The highest BCUT2D eigenvalue weighted by atomic mass is 32.2. The van der Waals surface area contributed by atoms with Gasteiger partial charge in [-0.2, -0.15) is 14.3 Å². The Hall–Kier alpha value is -2.67. The number of allylic oxidation sites excluding steroid dienone is 2. The molecule has 0 bridgehead atoms. The highest BCUT2D eigenvalue weighted by Gasteiger charge is 2.49. The Morgan fingerprint density at radius 1 is 1.19 bits per heavy atom. The first-order chi connectivity index (χ1) is 17.0. The van der Waals surface area contributed by atoms with Gasteiger partial charge in [0.15, 0.2) is 12.3 Å². The van der Waals surface area contributed by atoms with E-state index in [1.807, 2.05) is 6.92 Å². The smallest absolute Gasteiger partial charge is 0.357 e. The Balaban J connectivity index is 1.44. The summed E-state index contributed by atoms with van der Waals surface area (Å²) in [5, 5.41) is 3.86. The third kappa shape index (κ3) is 5.08. The maximum atomic E-state index is 13.5. The van der Waals surface area contributed by atoms with E-state index in [9.17, 15) is 18.0 Å². The highest BCUT2D eigenvalue weighted by molar-refractivity contribution is 7.93. The molecule has 2 aliphatic carbocycles. The number of nitrogens with zero attached hydrogens (tertiary/aromatic N) is 5. The number of carbonyl (C=O) groups excluding carboxylic acids is 2. The average molecular weight is 518 g/mol. The van der Waals surface area contributed by atoms with Crippen molar-refractivity contribution in [3.8, 4) is 0 Å². The van der Waals surface area contributed by atoms with Gasteiger partial charge in [0.05, 0.1) is 10.6 Å². The van der Waals surface area contributed by atoms with Crippen LogP contribution in [0.3, 0.4) is 0 Å². The molecule has 12 heteroatoms. The molecular weight excluding hydrogens is 484 g/mol. The Morgan fingerprint density at radius 2 is 1.92 bits per heavy atom. The Kier molecular flexibility index (Phi) is 6.48. The molecule has 4 aliphatic rings. The van der Waals surface area contributed by atoms with Gasteiger partial charge in [0.1, 0.15) is 18.2 Å². The van der Waals surface area contributed by atoms with Gasteiger partial charge in [0.2, 0.25) is 10.0 Å². The van der Waals surface area contributed by atoms with Crippen LogP contribution in [0, 0.1) is 12.8 Å². The molecule has 3 amide bonds. The van der Waals surface area contributed by atoms with Crippen molar-refractivity contribution in [2.75, 3.05) is 46.3 Å². The van der Waals surface area contributed by atoms with Crippen molar-refractivity contribution in [2.45, 2.75) is 38.8 Å². The summed E-state index contributed by atoms with van der Waals surface area (Å²) in [6.45, 7) is 8.33. The van der Waals surface area contributed by atoms with E-state index in [2.05, 4.69) is 26.7 Å². The van der Waals surface area contributed by atoms with Crippen molar-refractivity contribution in [2.24, 2.45) is 5.92 Å². The summed E-state index contributed by atoms with van der Waals surface area (Å²) >= 11 is 0. The summed E-state index contributed by atoms with van der Waals surface area (Å²) in [5.74, 6) is -0.972. The predicted molar refractivity (Wildman–Crippen MR) is 132 cm³/mol. The van der Waals surface area contributed by atoms with Crippen LogP contribution >= 0.6 is 0 Å². The van der Waals surface area contributed by atoms with Crippen LogP contribution in [0.15, 0.2) is 33.7 Å². The van der Waals surface area contributed by atoms with Crippen LogP contribution in [-0.2, 0) is 21.4 Å². The summed E-state index contributed by atoms with van der Waals surface area (Å²) in [7, 11) is -1.71. The fourth-order valence-electron chi connectivity index (χ4n) is 4.73. The number of amides is 3. The molecule has 0 aromatic carbocycles. The molecule has 194 valence electrons. The van der Waals surface area contributed by atoms with E-state index in [1.54, 1.807) is 23.6 Å². The van der Waals surface area contributed by atoms with E-state index in [-0.39, 0.29) is 11.4 Å². The average Bonchev–Trinajstić information content (AvgIpc) is 3.40. The third-order valence-corrected chi connectivity index (χ3v) is 8.95. The molecule has 1 N–H and O–H groups in total. The lowest BCUT2D eigenvalue weighted by atomic mass is 9.94. The standard InChI is InChI=1S/C24H33N6O5S/c1-17-14-18(35-25-17)16-30-22(31)20-15-19(36(33,34)26-24(2)6-7-24)4-5-21(20)29(23(30)32)13-12-28-10-8-27(3)9-11-28/h4-5,14-15,20,26H,6-13,16H2,1-3H3/q+1. The lowest BCUT2D eigenvalue weighted by molar-refractivity contribution is -0.441. The molecule has 1 saturated carbocycles. The second-order valence-electron chi connectivity index (χ2n) is 10.4. The number of urea groups is 1. The number of aryl methyl sites for hydroxylation is 1. The molecule has 1 saturated heterocycles. The van der Waals surface area contributed by atoms with E-state index >= 15 is 0 Å². The molecule has 36 heavy (non-hydrogen) atoms. The first-order valence-corrected chi connectivity index (χ1v) is 13.8. The molecule has 1 atom stereocenters. The van der Waals surface area contributed by atoms with Crippen molar-refractivity contribution >= 4 is 27.7 Å². The Morgan fingerprint density at radius 3 is 2.56 bits per heavy atom. The highest BCUT2D eigenvalue weighted by Crippen LogP contribution is 2.36. The van der Waals surface area contributed by atoms with Gasteiger partial charge >= 0.3 is 11.9 Å². The fraction of sp³-hybridized carbons (Fsp3) is 0.583. The third-order valence-electron chi connectivity index (χ3n) is 7.29. The molecule has 11 nitrogen and oxygen atoms in total. The molecule has 0 spiro atoms. The van der Waals surface area contributed by atoms with Gasteiger partial charge in [0.25, 0.3) is 0 Å². The first kappa shape index (κ1) is 25.0. The van der Waals surface area contributed by atoms with Crippen molar-refractivity contribution in [1.29, 1.82) is 0 Å². The molecule has 1 unspecified atom stereocenters. The number of hydrogen-bond acceptors (Lipinski definition) is 8. The molecule has 2 aliphatic heterocycles. The molecule has 5 rings (SSSR count). The van der Waals surface area contributed by atoms with Gasteiger partial charge in [-0.15, -0.1) is 0 Å². The quantitative estimate of drug-likeness (QED) is 0.501. The molecule has 0 radical (unpaired) electrons. The lowest BCUT2D eigenvalue weighted by Crippen LogP contribution is -2.56. The van der Waals surface area contributed by atoms with Gasteiger partial charge in [-0.1, -0.05) is 5.16 Å². The molecule has 3 heterocycles. The molecule has 1 aromatic heterocycles. The van der Waals surface area contributed by atoms with Crippen LogP contribution in [-0.4, -0.2) is 102 Å². The minimum Gasteiger partial charge on any atom is -0.357 e. The van der Waals surface area contributed by atoms with Crippen LogP contribution < -0.4 is 4.72 Å². The van der Waals surface area contributed by atoms with Crippen molar-refractivity contribution in [1.82, 2.24) is 24.6 Å². The maximum Gasteiger partial charge on any atom is 0.501 e. The number of piperazine rings is 1. The second-order valence-corrected chi connectivity index (χ2v) is 12.1. The topological polar surface area (TPSA) is 119 Å². The van der Waals surface area contributed by atoms with E-state index in [4.69, 9.17) is 4.52 Å². The summed E-state index contributed by atoms with van der Waals surface area (Å²) < 4.78 is 35.6. The number of imide groups is 1. The summed E-state index contributed by atoms with van der Waals surface area (Å²) in [6.07, 6.45) is 6.10. The molecule has 1 aromatic rings. The lowest BCUT2D eigenvalue weighted by Gasteiger charge is -2.33. The van der Waals surface area contributed by atoms with Gasteiger partial charge in [-0.25, -0.2) is 17.9 Å². The van der Waals surface area contributed by atoms with E-state index in [0.717, 1.165) is 43.9 Å². The van der Waals surface area contributed by atoms with Crippen molar-refractivity contribution in [3.63, 3.8) is 0 Å². The minimum absolute atomic E-state index is 0.0431. The van der Waals surface area contributed by atoms with Crippen LogP contribution in [0.2, 0.25) is 0 Å². The van der Waals surface area contributed by atoms with Crippen molar-refractivity contribution < 1.29 is 27.1 Å². The number of hydrogen-bond donors (Lipinski definition) is 1. The predicted octanol–water partition coefficient (Wildman–Crippen LogP) is 0.688. The summed E-state index contributed by atoms with van der Waals surface area (Å²) in [5.41, 5.74) is 0.713.